The fourth-order valence-electron chi connectivity index (χ4n) is 2.82. The minimum atomic E-state index is -0.690. The molecule has 3 rings (SSSR count). The molecule has 2 aromatic carbocycles. The van der Waals surface area contributed by atoms with Gasteiger partial charge in [-0.05, 0) is 53.8 Å². The molecule has 0 N–H and O–H groups in total. The van der Waals surface area contributed by atoms with Crippen LogP contribution in [-0.4, -0.2) is 21.7 Å². The van der Waals surface area contributed by atoms with Crippen molar-refractivity contribution in [3.05, 3.63) is 78.3 Å². The Morgan fingerprint density at radius 3 is 2.59 bits per heavy atom. The molecule has 0 atom stereocenters. The lowest BCUT2D eigenvalue weighted by Gasteiger charge is -2.14. The van der Waals surface area contributed by atoms with Gasteiger partial charge in [-0.2, -0.15) is 0 Å². The van der Waals surface area contributed by atoms with Crippen LogP contribution >= 0.6 is 22.6 Å². The summed E-state index contributed by atoms with van der Waals surface area (Å²) in [6.07, 6.45) is 0. The largest absolute Gasteiger partial charge is 0.465 e. The second kappa shape index (κ2) is 8.03. The van der Waals surface area contributed by atoms with Crippen molar-refractivity contribution in [3.8, 4) is 0 Å². The lowest BCUT2D eigenvalue weighted by molar-refractivity contribution is -0.143. The number of esters is 1. The number of carbonyl (C=O) groups is 1. The van der Waals surface area contributed by atoms with Crippen molar-refractivity contribution in [2.45, 2.75) is 20.0 Å². The summed E-state index contributed by atoms with van der Waals surface area (Å²) < 4.78 is 22.0. The Kier molecular flexibility index (Phi) is 5.73. The molecule has 0 bridgehead atoms. The highest BCUT2D eigenvalue weighted by molar-refractivity contribution is 14.1. The number of ether oxygens (including phenoxy) is 1. The molecule has 6 nitrogen and oxygen atoms in total. The smallest absolute Gasteiger partial charge is 0.332 e. The first-order chi connectivity index (χ1) is 12.9. The zero-order valence-electron chi connectivity index (χ0n) is 14.4. The highest BCUT2D eigenvalue weighted by Gasteiger charge is 2.17. The molecule has 0 saturated carbocycles. The fraction of sp³-hybridized carbons (Fsp3) is 0.211. The van der Waals surface area contributed by atoms with E-state index in [0.717, 1.165) is 4.57 Å². The minimum Gasteiger partial charge on any atom is -0.465 e. The van der Waals surface area contributed by atoms with Gasteiger partial charge in [-0.1, -0.05) is 18.2 Å². The summed E-state index contributed by atoms with van der Waals surface area (Å²) in [5.74, 6) is -1.09. The van der Waals surface area contributed by atoms with Crippen molar-refractivity contribution >= 4 is 39.5 Å². The standard InChI is InChI=1S/C19H16FIN2O4/c1-2-27-17(24)11-22-16-6-4-3-5-14(16)18(25)23(19(22)26)10-12-7-8-13(21)9-15(12)20/h3-9H,2,10-11H2,1H3. The van der Waals surface area contributed by atoms with Crippen LogP contribution in [0.3, 0.4) is 0 Å². The molecule has 0 amide bonds. The van der Waals surface area contributed by atoms with Gasteiger partial charge in [0.15, 0.2) is 0 Å². The summed E-state index contributed by atoms with van der Waals surface area (Å²) >= 11 is 1.98. The quantitative estimate of drug-likeness (QED) is 0.414. The fourth-order valence-corrected chi connectivity index (χ4v) is 3.27. The number of fused-ring (bicyclic) bond motifs is 1. The molecule has 0 fully saturated rings. The number of carbonyl (C=O) groups excluding carboxylic acids is 1. The molecule has 140 valence electrons. The van der Waals surface area contributed by atoms with Gasteiger partial charge in [0.1, 0.15) is 12.4 Å². The maximum Gasteiger partial charge on any atom is 0.332 e. The topological polar surface area (TPSA) is 70.3 Å². The van der Waals surface area contributed by atoms with Crippen molar-refractivity contribution in [2.75, 3.05) is 6.61 Å². The molecule has 0 saturated heterocycles. The summed E-state index contributed by atoms with van der Waals surface area (Å²) in [6, 6.07) is 11.1. The number of hydrogen-bond donors (Lipinski definition) is 0. The number of hydrogen-bond acceptors (Lipinski definition) is 4. The van der Waals surface area contributed by atoms with Gasteiger partial charge in [0, 0.05) is 9.13 Å². The first-order valence-corrected chi connectivity index (χ1v) is 9.32. The van der Waals surface area contributed by atoms with Gasteiger partial charge in [-0.25, -0.2) is 9.18 Å². The van der Waals surface area contributed by atoms with Gasteiger partial charge in [0.05, 0.1) is 24.1 Å². The van der Waals surface area contributed by atoms with Crippen molar-refractivity contribution in [1.82, 2.24) is 9.13 Å². The van der Waals surface area contributed by atoms with Gasteiger partial charge >= 0.3 is 11.7 Å². The van der Waals surface area contributed by atoms with E-state index in [4.69, 9.17) is 4.74 Å². The molecular formula is C19H16FIN2O4. The molecule has 1 heterocycles. The van der Waals surface area contributed by atoms with Crippen molar-refractivity contribution in [3.63, 3.8) is 0 Å². The van der Waals surface area contributed by atoms with E-state index in [1.165, 1.54) is 16.7 Å². The molecule has 0 unspecified atom stereocenters. The van der Waals surface area contributed by atoms with Crippen LogP contribution in [0.2, 0.25) is 0 Å². The third kappa shape index (κ3) is 3.95. The Morgan fingerprint density at radius 2 is 1.89 bits per heavy atom. The Hall–Kier alpha value is -2.49. The van der Waals surface area contributed by atoms with E-state index in [-0.39, 0.29) is 30.6 Å². The van der Waals surface area contributed by atoms with Crippen LogP contribution in [0.25, 0.3) is 10.9 Å². The number of benzene rings is 2. The van der Waals surface area contributed by atoms with Gasteiger partial charge in [-0.3, -0.25) is 18.7 Å². The average Bonchev–Trinajstić information content (AvgIpc) is 2.64. The van der Waals surface area contributed by atoms with Crippen molar-refractivity contribution in [2.24, 2.45) is 0 Å². The third-order valence-electron chi connectivity index (χ3n) is 4.07. The monoisotopic (exact) mass is 482 g/mol. The minimum absolute atomic E-state index is 0.180. The van der Waals surface area contributed by atoms with E-state index in [2.05, 4.69) is 0 Å². The SMILES string of the molecule is CCOC(=O)Cn1c(=O)n(Cc2ccc(I)cc2F)c(=O)c2ccccc21. The Balaban J connectivity index is 2.19. The van der Waals surface area contributed by atoms with Crippen LogP contribution in [0.5, 0.6) is 0 Å². The third-order valence-corrected chi connectivity index (χ3v) is 4.74. The van der Waals surface area contributed by atoms with Gasteiger partial charge in [0.2, 0.25) is 0 Å². The Morgan fingerprint density at radius 1 is 1.15 bits per heavy atom. The van der Waals surface area contributed by atoms with E-state index in [9.17, 15) is 18.8 Å². The maximum absolute atomic E-state index is 14.2. The molecule has 0 radical (unpaired) electrons. The van der Waals surface area contributed by atoms with Gasteiger partial charge in [0.25, 0.3) is 5.56 Å². The summed E-state index contributed by atoms with van der Waals surface area (Å²) in [5.41, 5.74) is -0.675. The van der Waals surface area contributed by atoms with Crippen LogP contribution < -0.4 is 11.2 Å². The van der Waals surface area contributed by atoms with E-state index >= 15 is 0 Å². The molecule has 0 aliphatic heterocycles. The Bertz CT molecular complexity index is 1140. The van der Waals surface area contributed by atoms with E-state index < -0.39 is 23.0 Å². The zero-order chi connectivity index (χ0) is 19.6. The summed E-state index contributed by atoms with van der Waals surface area (Å²) in [5, 5.41) is 0.271. The van der Waals surface area contributed by atoms with Crippen LogP contribution in [0, 0.1) is 9.39 Å². The number of halogens is 2. The highest BCUT2D eigenvalue weighted by atomic mass is 127. The van der Waals surface area contributed by atoms with Crippen LogP contribution in [0.4, 0.5) is 4.39 Å². The molecule has 27 heavy (non-hydrogen) atoms. The lowest BCUT2D eigenvalue weighted by Crippen LogP contribution is -2.41. The second-order valence-electron chi connectivity index (χ2n) is 5.82. The first kappa shape index (κ1) is 19.3. The molecular weight excluding hydrogens is 466 g/mol. The summed E-state index contributed by atoms with van der Waals surface area (Å²) in [4.78, 5) is 37.6. The Labute approximate surface area is 167 Å². The number of para-hydroxylation sites is 1. The normalized spacial score (nSPS) is 10.9. The number of rotatable bonds is 5. The molecule has 8 heteroatoms. The molecule has 0 aliphatic rings. The predicted molar refractivity (Wildman–Crippen MR) is 107 cm³/mol. The second-order valence-corrected chi connectivity index (χ2v) is 7.06. The van der Waals surface area contributed by atoms with Crippen LogP contribution in [0.1, 0.15) is 12.5 Å². The van der Waals surface area contributed by atoms with E-state index in [1.807, 2.05) is 22.6 Å². The number of aromatic nitrogens is 2. The summed E-state index contributed by atoms with van der Waals surface area (Å²) in [6.45, 7) is 1.29. The van der Waals surface area contributed by atoms with Crippen LogP contribution in [0.15, 0.2) is 52.1 Å². The summed E-state index contributed by atoms with van der Waals surface area (Å²) in [7, 11) is 0. The first-order valence-electron chi connectivity index (χ1n) is 8.24. The predicted octanol–water partition coefficient (Wildman–Crippen LogP) is 2.52. The highest BCUT2D eigenvalue weighted by Crippen LogP contribution is 2.14. The zero-order valence-corrected chi connectivity index (χ0v) is 16.6. The van der Waals surface area contributed by atoms with Crippen LogP contribution in [-0.2, 0) is 22.6 Å². The van der Waals surface area contributed by atoms with Crippen molar-refractivity contribution < 1.29 is 13.9 Å². The molecule has 3 aromatic rings. The molecule has 1 aromatic heterocycles. The van der Waals surface area contributed by atoms with Crippen molar-refractivity contribution in [1.29, 1.82) is 0 Å². The number of nitrogens with zero attached hydrogens (tertiary/aromatic N) is 2. The van der Waals surface area contributed by atoms with E-state index in [1.54, 1.807) is 37.3 Å². The van der Waals surface area contributed by atoms with Gasteiger partial charge < -0.3 is 4.74 Å². The van der Waals surface area contributed by atoms with Gasteiger partial charge in [-0.15, -0.1) is 0 Å². The molecule has 0 aliphatic carbocycles. The lowest BCUT2D eigenvalue weighted by atomic mass is 10.2. The molecule has 0 spiro atoms. The maximum atomic E-state index is 14.2. The average molecular weight is 482 g/mol. The van der Waals surface area contributed by atoms with E-state index in [0.29, 0.717) is 9.09 Å².